The Hall–Kier alpha value is -2.47. The lowest BCUT2D eigenvalue weighted by Crippen LogP contribution is -2.48. The van der Waals surface area contributed by atoms with Gasteiger partial charge in [0.15, 0.2) is 0 Å². The minimum atomic E-state index is 0.0101. The number of hydrogen-bond acceptors (Lipinski definition) is 5. The van der Waals surface area contributed by atoms with Gasteiger partial charge in [0, 0.05) is 51.9 Å². The molecule has 6 heteroatoms. The summed E-state index contributed by atoms with van der Waals surface area (Å²) in [5, 5.41) is 0. The van der Waals surface area contributed by atoms with Crippen LogP contribution in [0.4, 0.5) is 5.82 Å². The predicted molar refractivity (Wildman–Crippen MR) is 112 cm³/mol. The van der Waals surface area contributed by atoms with Gasteiger partial charge in [-0.3, -0.25) is 9.69 Å². The van der Waals surface area contributed by atoms with Crippen molar-refractivity contribution in [1.82, 2.24) is 19.8 Å². The van der Waals surface area contributed by atoms with Crippen molar-refractivity contribution in [3.8, 4) is 0 Å². The fraction of sp³-hybridized carbons (Fsp3) is 0.500. The van der Waals surface area contributed by atoms with Crippen LogP contribution in [0.25, 0.3) is 0 Å². The van der Waals surface area contributed by atoms with Gasteiger partial charge in [0.1, 0.15) is 17.8 Å². The Morgan fingerprint density at radius 1 is 1.00 bits per heavy atom. The second-order valence-corrected chi connectivity index (χ2v) is 7.30. The van der Waals surface area contributed by atoms with Crippen LogP contribution in [0.5, 0.6) is 0 Å². The minimum Gasteiger partial charge on any atom is -0.357 e. The molecule has 0 unspecified atom stereocenters. The maximum atomic E-state index is 13.0. The van der Waals surface area contributed by atoms with Gasteiger partial charge in [-0.1, -0.05) is 44.2 Å². The third-order valence-electron chi connectivity index (χ3n) is 5.09. The zero-order chi connectivity index (χ0) is 19.8. The fourth-order valence-corrected chi connectivity index (χ4v) is 3.63. The number of carbonyl (C=O) groups is 1. The van der Waals surface area contributed by atoms with E-state index in [2.05, 4.69) is 57.9 Å². The average molecular weight is 382 g/mol. The molecule has 1 saturated heterocycles. The van der Waals surface area contributed by atoms with E-state index >= 15 is 0 Å². The lowest BCUT2D eigenvalue weighted by molar-refractivity contribution is 0.0622. The van der Waals surface area contributed by atoms with Crippen LogP contribution in [0.2, 0.25) is 0 Å². The molecule has 0 aliphatic carbocycles. The molecule has 3 rings (SSSR count). The van der Waals surface area contributed by atoms with Crippen LogP contribution < -0.4 is 4.90 Å². The summed E-state index contributed by atoms with van der Waals surface area (Å²) < 4.78 is 0. The van der Waals surface area contributed by atoms with Crippen molar-refractivity contribution in [2.24, 2.45) is 0 Å². The Balaban J connectivity index is 1.59. The molecular formula is C22H31N5O. The van der Waals surface area contributed by atoms with Crippen molar-refractivity contribution < 1.29 is 4.79 Å². The average Bonchev–Trinajstić information content (AvgIpc) is 2.74. The molecule has 0 N–H and O–H groups in total. The Morgan fingerprint density at radius 3 is 2.32 bits per heavy atom. The van der Waals surface area contributed by atoms with E-state index in [9.17, 15) is 4.79 Å². The van der Waals surface area contributed by atoms with E-state index in [1.54, 1.807) is 0 Å². The van der Waals surface area contributed by atoms with Gasteiger partial charge in [-0.05, 0) is 18.4 Å². The molecule has 150 valence electrons. The number of rotatable bonds is 8. The van der Waals surface area contributed by atoms with Gasteiger partial charge in [0.05, 0.1) is 0 Å². The van der Waals surface area contributed by atoms with Crippen molar-refractivity contribution in [3.05, 3.63) is 54.0 Å². The first-order valence-corrected chi connectivity index (χ1v) is 10.3. The van der Waals surface area contributed by atoms with Crippen molar-refractivity contribution in [2.45, 2.75) is 33.2 Å². The van der Waals surface area contributed by atoms with Gasteiger partial charge in [-0.15, -0.1) is 0 Å². The van der Waals surface area contributed by atoms with Crippen LogP contribution in [-0.2, 0) is 6.54 Å². The first-order chi connectivity index (χ1) is 13.7. The molecule has 0 spiro atoms. The number of amides is 1. The number of anilines is 1. The zero-order valence-electron chi connectivity index (χ0n) is 17.0. The van der Waals surface area contributed by atoms with E-state index in [0.717, 1.165) is 64.5 Å². The van der Waals surface area contributed by atoms with Gasteiger partial charge >= 0.3 is 0 Å². The lowest BCUT2D eigenvalue weighted by atomic mass is 10.2. The maximum absolute atomic E-state index is 13.0. The van der Waals surface area contributed by atoms with E-state index in [1.165, 1.54) is 11.9 Å². The van der Waals surface area contributed by atoms with Gasteiger partial charge in [0.2, 0.25) is 0 Å². The van der Waals surface area contributed by atoms with Crippen molar-refractivity contribution in [1.29, 1.82) is 0 Å². The molecule has 1 aromatic heterocycles. The molecule has 0 atom stereocenters. The lowest BCUT2D eigenvalue weighted by Gasteiger charge is -2.34. The molecule has 0 bridgehead atoms. The molecule has 2 heterocycles. The van der Waals surface area contributed by atoms with Crippen LogP contribution in [0.15, 0.2) is 42.7 Å². The molecule has 1 amide bonds. The minimum absolute atomic E-state index is 0.0101. The molecule has 2 aromatic rings. The SMILES string of the molecule is CCCN(CCC)c1cc(C(=O)N2CCN(Cc3ccccc3)CC2)ncn1. The topological polar surface area (TPSA) is 52.6 Å². The molecular weight excluding hydrogens is 350 g/mol. The molecule has 28 heavy (non-hydrogen) atoms. The molecule has 6 nitrogen and oxygen atoms in total. The van der Waals surface area contributed by atoms with Crippen LogP contribution in [0.3, 0.4) is 0 Å². The smallest absolute Gasteiger partial charge is 0.272 e. The standard InChI is InChI=1S/C22H31N5O/c1-3-10-26(11-4-2)21-16-20(23-18-24-21)22(28)27-14-12-25(13-15-27)17-19-8-6-5-7-9-19/h5-9,16,18H,3-4,10-15,17H2,1-2H3. The van der Waals surface area contributed by atoms with E-state index in [4.69, 9.17) is 0 Å². The number of benzene rings is 1. The largest absolute Gasteiger partial charge is 0.357 e. The maximum Gasteiger partial charge on any atom is 0.272 e. The normalized spacial score (nSPS) is 14.9. The van der Waals surface area contributed by atoms with Crippen LogP contribution in [0.1, 0.15) is 42.7 Å². The van der Waals surface area contributed by atoms with Crippen LogP contribution in [-0.4, -0.2) is 64.9 Å². The predicted octanol–water partition coefficient (Wildman–Crippen LogP) is 3.06. The summed E-state index contributed by atoms with van der Waals surface area (Å²) in [6.45, 7) is 10.4. The Morgan fingerprint density at radius 2 is 1.68 bits per heavy atom. The number of hydrogen-bond donors (Lipinski definition) is 0. The molecule has 0 saturated carbocycles. The summed E-state index contributed by atoms with van der Waals surface area (Å²) in [5.41, 5.74) is 1.81. The highest BCUT2D eigenvalue weighted by atomic mass is 16.2. The van der Waals surface area contributed by atoms with E-state index in [0.29, 0.717) is 5.69 Å². The Kier molecular flexibility index (Phi) is 7.37. The highest BCUT2D eigenvalue weighted by molar-refractivity contribution is 5.93. The third-order valence-corrected chi connectivity index (χ3v) is 5.09. The molecule has 1 fully saturated rings. The highest BCUT2D eigenvalue weighted by Gasteiger charge is 2.23. The zero-order valence-corrected chi connectivity index (χ0v) is 17.0. The fourth-order valence-electron chi connectivity index (χ4n) is 3.63. The molecule has 1 aliphatic rings. The quantitative estimate of drug-likeness (QED) is 0.703. The third kappa shape index (κ3) is 5.29. The van der Waals surface area contributed by atoms with E-state index < -0.39 is 0 Å². The highest BCUT2D eigenvalue weighted by Crippen LogP contribution is 2.15. The number of nitrogens with zero attached hydrogens (tertiary/aromatic N) is 5. The van der Waals surface area contributed by atoms with Crippen molar-refractivity contribution in [2.75, 3.05) is 44.2 Å². The number of piperazine rings is 1. The summed E-state index contributed by atoms with van der Waals surface area (Å²) >= 11 is 0. The second-order valence-electron chi connectivity index (χ2n) is 7.30. The van der Waals surface area contributed by atoms with Gasteiger partial charge in [-0.25, -0.2) is 9.97 Å². The van der Waals surface area contributed by atoms with Crippen molar-refractivity contribution >= 4 is 11.7 Å². The van der Waals surface area contributed by atoms with Crippen molar-refractivity contribution in [3.63, 3.8) is 0 Å². The monoisotopic (exact) mass is 381 g/mol. The number of carbonyl (C=O) groups excluding carboxylic acids is 1. The Labute approximate surface area is 168 Å². The summed E-state index contributed by atoms with van der Waals surface area (Å²) in [7, 11) is 0. The van der Waals surface area contributed by atoms with Gasteiger partial charge < -0.3 is 9.80 Å². The molecule has 1 aliphatic heterocycles. The van der Waals surface area contributed by atoms with Crippen LogP contribution >= 0.6 is 0 Å². The summed E-state index contributed by atoms with van der Waals surface area (Å²) in [4.78, 5) is 28.2. The van der Waals surface area contributed by atoms with Crippen LogP contribution in [0, 0.1) is 0 Å². The molecule has 1 aromatic carbocycles. The Bertz CT molecular complexity index is 738. The summed E-state index contributed by atoms with van der Waals surface area (Å²) in [6.07, 6.45) is 3.62. The second kappa shape index (κ2) is 10.2. The summed E-state index contributed by atoms with van der Waals surface area (Å²) in [5.74, 6) is 0.862. The van der Waals surface area contributed by atoms with E-state index in [-0.39, 0.29) is 5.91 Å². The first-order valence-electron chi connectivity index (χ1n) is 10.3. The van der Waals surface area contributed by atoms with Gasteiger partial charge in [0.25, 0.3) is 5.91 Å². The first kappa shape index (κ1) is 20.3. The number of aromatic nitrogens is 2. The van der Waals surface area contributed by atoms with E-state index in [1.807, 2.05) is 17.0 Å². The molecule has 0 radical (unpaired) electrons. The van der Waals surface area contributed by atoms with Gasteiger partial charge in [-0.2, -0.15) is 0 Å². The summed E-state index contributed by atoms with van der Waals surface area (Å²) in [6, 6.07) is 12.3.